The maximum atomic E-state index is 12.5. The normalized spacial score (nSPS) is 9.94. The maximum Gasteiger partial charge on any atom is 0.366 e. The third-order valence-electron chi connectivity index (χ3n) is 4.02. The highest BCUT2D eigenvalue weighted by Gasteiger charge is 2.15. The fraction of sp³-hybridized carbons (Fsp3) is 0.167. The number of ether oxygens (including phenoxy) is 5. The van der Waals surface area contributed by atoms with Crippen LogP contribution >= 0.6 is 0 Å². The summed E-state index contributed by atoms with van der Waals surface area (Å²) in [5.74, 6) is -3.63. The fourth-order valence-electron chi connectivity index (χ4n) is 2.30. The second kappa shape index (κ2) is 12.5. The Morgan fingerprint density at radius 2 is 1.35 bits per heavy atom. The van der Waals surface area contributed by atoms with Crippen molar-refractivity contribution in [2.24, 2.45) is 0 Å². The number of hydrogen-bond acceptors (Lipinski definition) is 9. The summed E-state index contributed by atoms with van der Waals surface area (Å²) in [5.41, 5.74) is 0.170. The van der Waals surface area contributed by atoms with E-state index in [2.05, 4.69) is 22.6 Å². The number of benzene rings is 2. The van der Waals surface area contributed by atoms with Gasteiger partial charge in [-0.3, -0.25) is 4.79 Å². The first kappa shape index (κ1) is 25.8. The van der Waals surface area contributed by atoms with Crippen molar-refractivity contribution in [1.29, 1.82) is 0 Å². The van der Waals surface area contributed by atoms with Gasteiger partial charge in [-0.1, -0.05) is 13.2 Å². The van der Waals surface area contributed by atoms with Crippen molar-refractivity contribution in [3.63, 3.8) is 0 Å². The van der Waals surface area contributed by atoms with Crippen LogP contribution in [0.25, 0.3) is 0 Å². The highest BCUT2D eigenvalue weighted by Crippen LogP contribution is 2.21. The lowest BCUT2D eigenvalue weighted by molar-refractivity contribution is -0.142. The Kier molecular flexibility index (Phi) is 9.51. The van der Waals surface area contributed by atoms with Gasteiger partial charge in [0.15, 0.2) is 0 Å². The van der Waals surface area contributed by atoms with Crippen LogP contribution in [0.4, 0.5) is 4.39 Å². The average Bonchev–Trinajstić information content (AvgIpc) is 2.82. The number of halogens is 1. The highest BCUT2D eigenvalue weighted by molar-refractivity contribution is 5.94. The van der Waals surface area contributed by atoms with Gasteiger partial charge in [-0.2, -0.15) is 4.39 Å². The van der Waals surface area contributed by atoms with Crippen molar-refractivity contribution < 1.29 is 47.3 Å². The molecular weight excluding hydrogens is 451 g/mol. The van der Waals surface area contributed by atoms with Gasteiger partial charge in [0.1, 0.15) is 30.5 Å². The number of esters is 4. The SMILES string of the molecule is C=C(F)C(=O)OCCOc1ccc(C(=O)Oc2ccc(OC(=O)C(=C)CC(=O)OC)cc2)cc1. The predicted octanol–water partition coefficient (Wildman–Crippen LogP) is 3.34. The molecular formula is C24H21FO9. The van der Waals surface area contributed by atoms with E-state index in [1.54, 1.807) is 0 Å². The van der Waals surface area contributed by atoms with Gasteiger partial charge in [0.25, 0.3) is 0 Å². The molecule has 0 saturated heterocycles. The summed E-state index contributed by atoms with van der Waals surface area (Å²) in [6, 6.07) is 11.6. The number of carbonyl (C=O) groups excluding carboxylic acids is 4. The van der Waals surface area contributed by atoms with Crippen LogP contribution in [0.15, 0.2) is 73.1 Å². The van der Waals surface area contributed by atoms with Crippen molar-refractivity contribution >= 4 is 23.9 Å². The predicted molar refractivity (Wildman–Crippen MR) is 116 cm³/mol. The second-order valence-electron chi connectivity index (χ2n) is 6.52. The van der Waals surface area contributed by atoms with E-state index in [1.165, 1.54) is 55.6 Å². The molecule has 9 nitrogen and oxygen atoms in total. The highest BCUT2D eigenvalue weighted by atomic mass is 19.1. The van der Waals surface area contributed by atoms with Gasteiger partial charge in [-0.25, -0.2) is 14.4 Å². The first-order valence-corrected chi connectivity index (χ1v) is 9.73. The third-order valence-corrected chi connectivity index (χ3v) is 4.02. The molecule has 0 bridgehead atoms. The molecule has 0 amide bonds. The third kappa shape index (κ3) is 8.23. The van der Waals surface area contributed by atoms with E-state index in [0.717, 1.165) is 0 Å². The van der Waals surface area contributed by atoms with Crippen LogP contribution in [0.2, 0.25) is 0 Å². The Morgan fingerprint density at radius 3 is 1.91 bits per heavy atom. The van der Waals surface area contributed by atoms with Crippen molar-refractivity contribution in [3.05, 3.63) is 78.7 Å². The molecule has 0 N–H and O–H groups in total. The van der Waals surface area contributed by atoms with Crippen LogP contribution in [0.3, 0.4) is 0 Å². The van der Waals surface area contributed by atoms with E-state index >= 15 is 0 Å². The minimum Gasteiger partial charge on any atom is -0.490 e. The van der Waals surface area contributed by atoms with Crippen LogP contribution in [-0.2, 0) is 23.9 Å². The molecule has 0 aliphatic rings. The van der Waals surface area contributed by atoms with Gasteiger partial charge in [0.05, 0.1) is 19.1 Å². The Labute approximate surface area is 194 Å². The Morgan fingerprint density at radius 1 is 0.794 bits per heavy atom. The van der Waals surface area contributed by atoms with Crippen LogP contribution in [0.1, 0.15) is 16.8 Å². The van der Waals surface area contributed by atoms with E-state index in [9.17, 15) is 23.6 Å². The molecule has 0 aliphatic heterocycles. The summed E-state index contributed by atoms with van der Waals surface area (Å²) >= 11 is 0. The monoisotopic (exact) mass is 472 g/mol. The van der Waals surface area contributed by atoms with Crippen molar-refractivity contribution in [1.82, 2.24) is 0 Å². The molecule has 0 atom stereocenters. The zero-order chi connectivity index (χ0) is 25.1. The molecule has 0 aromatic heterocycles. The molecule has 0 spiro atoms. The van der Waals surface area contributed by atoms with Crippen molar-refractivity contribution in [2.75, 3.05) is 20.3 Å². The maximum absolute atomic E-state index is 12.5. The number of carbonyl (C=O) groups is 4. The lowest BCUT2D eigenvalue weighted by atomic mass is 10.2. The summed E-state index contributed by atoms with van der Waals surface area (Å²) in [4.78, 5) is 46.3. The molecule has 10 heteroatoms. The smallest absolute Gasteiger partial charge is 0.366 e. The molecule has 0 unspecified atom stereocenters. The zero-order valence-electron chi connectivity index (χ0n) is 18.2. The molecule has 0 saturated carbocycles. The largest absolute Gasteiger partial charge is 0.490 e. The van der Waals surface area contributed by atoms with E-state index in [-0.39, 0.29) is 42.3 Å². The molecule has 0 fully saturated rings. The van der Waals surface area contributed by atoms with Crippen LogP contribution < -0.4 is 14.2 Å². The Bertz CT molecular complexity index is 1070. The molecule has 0 heterocycles. The summed E-state index contributed by atoms with van der Waals surface area (Å²) in [7, 11) is 1.19. The quantitative estimate of drug-likeness (QED) is 0.210. The summed E-state index contributed by atoms with van der Waals surface area (Å²) in [5, 5.41) is 0. The summed E-state index contributed by atoms with van der Waals surface area (Å²) in [6.45, 7) is 6.11. The molecule has 2 aromatic rings. The molecule has 178 valence electrons. The molecule has 2 aromatic carbocycles. The van der Waals surface area contributed by atoms with Gasteiger partial charge >= 0.3 is 23.9 Å². The molecule has 2 rings (SSSR count). The molecule has 0 radical (unpaired) electrons. The number of hydrogen-bond donors (Lipinski definition) is 0. The van der Waals surface area contributed by atoms with Crippen LogP contribution in [0, 0.1) is 0 Å². The lowest BCUT2D eigenvalue weighted by Gasteiger charge is -2.09. The van der Waals surface area contributed by atoms with Gasteiger partial charge in [0, 0.05) is 5.57 Å². The summed E-state index contributed by atoms with van der Waals surface area (Å²) < 4.78 is 37.2. The van der Waals surface area contributed by atoms with Crippen molar-refractivity contribution in [2.45, 2.75) is 6.42 Å². The first-order valence-electron chi connectivity index (χ1n) is 9.73. The topological polar surface area (TPSA) is 114 Å². The van der Waals surface area contributed by atoms with E-state index in [0.29, 0.717) is 5.75 Å². The van der Waals surface area contributed by atoms with E-state index in [4.69, 9.17) is 14.2 Å². The van der Waals surface area contributed by atoms with Crippen LogP contribution in [-0.4, -0.2) is 44.2 Å². The van der Waals surface area contributed by atoms with Crippen molar-refractivity contribution in [3.8, 4) is 17.2 Å². The average molecular weight is 472 g/mol. The van der Waals surface area contributed by atoms with Gasteiger partial charge in [0.2, 0.25) is 5.83 Å². The number of methoxy groups -OCH3 is 1. The second-order valence-corrected chi connectivity index (χ2v) is 6.52. The Hall–Kier alpha value is -4.47. The minimum absolute atomic E-state index is 0.0181. The van der Waals surface area contributed by atoms with Crippen LogP contribution in [0.5, 0.6) is 17.2 Å². The zero-order valence-corrected chi connectivity index (χ0v) is 18.2. The Balaban J connectivity index is 1.83. The minimum atomic E-state index is -1.19. The standard InChI is InChI=1S/C24H21FO9/c1-15(14-21(26)30-3)22(27)33-19-8-10-20(11-9-19)34-24(29)17-4-6-18(7-5-17)31-12-13-32-23(28)16(2)25/h4-11H,1-2,12-14H2,3H3. The van der Waals surface area contributed by atoms with Gasteiger partial charge in [-0.05, 0) is 48.5 Å². The van der Waals surface area contributed by atoms with E-state index < -0.39 is 29.7 Å². The summed E-state index contributed by atoms with van der Waals surface area (Å²) in [6.07, 6.45) is -0.294. The van der Waals surface area contributed by atoms with E-state index in [1.807, 2.05) is 0 Å². The van der Waals surface area contributed by atoms with Gasteiger partial charge in [-0.15, -0.1) is 0 Å². The number of rotatable bonds is 11. The van der Waals surface area contributed by atoms with Gasteiger partial charge < -0.3 is 23.7 Å². The first-order chi connectivity index (χ1) is 16.2. The molecule has 34 heavy (non-hydrogen) atoms. The molecule has 0 aliphatic carbocycles. The fourth-order valence-corrected chi connectivity index (χ4v) is 2.30. The lowest BCUT2D eigenvalue weighted by Crippen LogP contribution is -2.14.